The van der Waals surface area contributed by atoms with Gasteiger partial charge in [-0.15, -0.1) is 0 Å². The largest absolute Gasteiger partial charge is 0.374 e. The van der Waals surface area contributed by atoms with E-state index in [1.807, 2.05) is 50.1 Å². The second-order valence-electron chi connectivity index (χ2n) is 6.79. The molecule has 0 bridgehead atoms. The van der Waals surface area contributed by atoms with Crippen LogP contribution in [0.2, 0.25) is 0 Å². The van der Waals surface area contributed by atoms with E-state index >= 15 is 0 Å². The molecule has 0 radical (unpaired) electrons. The quantitative estimate of drug-likeness (QED) is 0.913. The van der Waals surface area contributed by atoms with Gasteiger partial charge >= 0.3 is 0 Å². The first kappa shape index (κ1) is 16.8. The lowest BCUT2D eigenvalue weighted by molar-refractivity contribution is -0.127. The standard InChI is InChI=1S/C18H25N3O3/c1-12-10-21(11-13(2)24-12)17(22)14-4-6-15(7-5-14)19-16-8-9-20(3)18(16)23/h4-7,12-13,16,19H,8-11H2,1-3H3. The number of likely N-dealkylation sites (tertiary alicyclic amines) is 1. The molecule has 1 aromatic rings. The number of likely N-dealkylation sites (N-methyl/N-ethyl adjacent to an activating group) is 1. The Hall–Kier alpha value is -2.08. The first-order chi connectivity index (χ1) is 11.4. The number of carbonyl (C=O) groups is 2. The van der Waals surface area contributed by atoms with E-state index in [2.05, 4.69) is 5.32 Å². The Morgan fingerprint density at radius 3 is 2.33 bits per heavy atom. The Morgan fingerprint density at radius 2 is 1.79 bits per heavy atom. The molecule has 2 heterocycles. The molecule has 3 unspecified atom stereocenters. The molecule has 3 rings (SSSR count). The van der Waals surface area contributed by atoms with Crippen molar-refractivity contribution in [1.82, 2.24) is 9.80 Å². The first-order valence-electron chi connectivity index (χ1n) is 8.50. The lowest BCUT2D eigenvalue weighted by Crippen LogP contribution is -2.48. The predicted molar refractivity (Wildman–Crippen MR) is 92.0 cm³/mol. The summed E-state index contributed by atoms with van der Waals surface area (Å²) in [6.07, 6.45) is 0.924. The molecule has 2 aliphatic heterocycles. The van der Waals surface area contributed by atoms with Gasteiger partial charge in [-0.3, -0.25) is 9.59 Å². The lowest BCUT2D eigenvalue weighted by atomic mass is 10.1. The number of anilines is 1. The van der Waals surface area contributed by atoms with Crippen LogP contribution in [0.15, 0.2) is 24.3 Å². The van der Waals surface area contributed by atoms with E-state index in [1.54, 1.807) is 4.90 Å². The normalized spacial score (nSPS) is 27.5. The molecule has 6 heteroatoms. The zero-order valence-electron chi connectivity index (χ0n) is 14.5. The highest BCUT2D eigenvalue weighted by Crippen LogP contribution is 2.19. The van der Waals surface area contributed by atoms with Crippen molar-refractivity contribution < 1.29 is 14.3 Å². The second kappa shape index (κ2) is 6.81. The molecule has 2 aliphatic rings. The van der Waals surface area contributed by atoms with Crippen molar-refractivity contribution >= 4 is 17.5 Å². The van der Waals surface area contributed by atoms with Crippen molar-refractivity contribution in [2.45, 2.75) is 38.5 Å². The smallest absolute Gasteiger partial charge is 0.254 e. The summed E-state index contributed by atoms with van der Waals surface area (Å²) in [4.78, 5) is 28.2. The van der Waals surface area contributed by atoms with Crippen LogP contribution < -0.4 is 5.32 Å². The summed E-state index contributed by atoms with van der Waals surface area (Å²) in [5.41, 5.74) is 1.53. The van der Waals surface area contributed by atoms with Crippen LogP contribution in [0.4, 0.5) is 5.69 Å². The molecule has 24 heavy (non-hydrogen) atoms. The number of morpholine rings is 1. The van der Waals surface area contributed by atoms with E-state index in [4.69, 9.17) is 4.74 Å². The summed E-state index contributed by atoms with van der Waals surface area (Å²) in [6.45, 7) is 5.98. The molecule has 130 valence electrons. The van der Waals surface area contributed by atoms with Gasteiger partial charge in [0, 0.05) is 37.9 Å². The van der Waals surface area contributed by atoms with Crippen LogP contribution in [0, 0.1) is 0 Å². The Kier molecular flexibility index (Phi) is 4.76. The minimum absolute atomic E-state index is 0.0280. The molecule has 2 amide bonds. The molecule has 0 aliphatic carbocycles. The SMILES string of the molecule is CC1CN(C(=O)c2ccc(NC3CCN(C)C3=O)cc2)CC(C)O1. The molecule has 0 aromatic heterocycles. The molecular weight excluding hydrogens is 306 g/mol. The Balaban J connectivity index is 1.64. The number of carbonyl (C=O) groups excluding carboxylic acids is 2. The Morgan fingerprint density at radius 1 is 1.17 bits per heavy atom. The summed E-state index contributed by atoms with van der Waals surface area (Å²) in [6, 6.07) is 7.20. The highest BCUT2D eigenvalue weighted by atomic mass is 16.5. The van der Waals surface area contributed by atoms with Gasteiger partial charge in [-0.2, -0.15) is 0 Å². The van der Waals surface area contributed by atoms with Gasteiger partial charge in [-0.1, -0.05) is 0 Å². The first-order valence-corrected chi connectivity index (χ1v) is 8.50. The maximum atomic E-state index is 12.6. The van der Waals surface area contributed by atoms with Gasteiger partial charge in [-0.25, -0.2) is 0 Å². The average Bonchev–Trinajstić information content (AvgIpc) is 2.86. The maximum absolute atomic E-state index is 12.6. The molecule has 0 spiro atoms. The summed E-state index contributed by atoms with van der Waals surface area (Å²) in [5, 5.41) is 3.24. The summed E-state index contributed by atoms with van der Waals surface area (Å²) < 4.78 is 5.67. The van der Waals surface area contributed by atoms with Crippen molar-refractivity contribution in [2.75, 3.05) is 32.0 Å². The molecule has 0 saturated carbocycles. The fourth-order valence-electron chi connectivity index (χ4n) is 3.39. The van der Waals surface area contributed by atoms with E-state index in [0.29, 0.717) is 18.7 Å². The maximum Gasteiger partial charge on any atom is 0.254 e. The van der Waals surface area contributed by atoms with Gasteiger partial charge in [-0.05, 0) is 44.5 Å². The van der Waals surface area contributed by atoms with Crippen LogP contribution in [0.1, 0.15) is 30.6 Å². The molecule has 6 nitrogen and oxygen atoms in total. The minimum atomic E-state index is -0.169. The molecule has 1 aromatic carbocycles. The summed E-state index contributed by atoms with van der Waals surface area (Å²) in [5.74, 6) is 0.145. The third-order valence-corrected chi connectivity index (χ3v) is 4.61. The van der Waals surface area contributed by atoms with Gasteiger partial charge in [0.05, 0.1) is 12.2 Å². The number of hydrogen-bond donors (Lipinski definition) is 1. The van der Waals surface area contributed by atoms with E-state index in [-0.39, 0.29) is 30.1 Å². The van der Waals surface area contributed by atoms with E-state index < -0.39 is 0 Å². The number of ether oxygens (including phenoxy) is 1. The number of nitrogens with one attached hydrogen (secondary N) is 1. The van der Waals surface area contributed by atoms with Crippen LogP contribution >= 0.6 is 0 Å². The number of rotatable bonds is 3. The fraction of sp³-hybridized carbons (Fsp3) is 0.556. The van der Waals surface area contributed by atoms with E-state index in [9.17, 15) is 9.59 Å². The van der Waals surface area contributed by atoms with Crippen molar-refractivity contribution in [3.8, 4) is 0 Å². The Labute approximate surface area is 142 Å². The zero-order chi connectivity index (χ0) is 17.3. The number of nitrogens with zero attached hydrogens (tertiary/aromatic N) is 2. The van der Waals surface area contributed by atoms with Gasteiger partial charge < -0.3 is 19.9 Å². The van der Waals surface area contributed by atoms with Crippen LogP contribution in [-0.2, 0) is 9.53 Å². The van der Waals surface area contributed by atoms with Crippen LogP contribution in [0.3, 0.4) is 0 Å². The van der Waals surface area contributed by atoms with Crippen molar-refractivity contribution in [3.05, 3.63) is 29.8 Å². The average molecular weight is 331 g/mol. The molecule has 3 atom stereocenters. The van der Waals surface area contributed by atoms with E-state index in [1.165, 1.54) is 0 Å². The second-order valence-corrected chi connectivity index (χ2v) is 6.79. The van der Waals surface area contributed by atoms with Gasteiger partial charge in [0.25, 0.3) is 5.91 Å². The molecule has 2 saturated heterocycles. The zero-order valence-corrected chi connectivity index (χ0v) is 14.5. The summed E-state index contributed by atoms with van der Waals surface area (Å²) >= 11 is 0. The topological polar surface area (TPSA) is 61.9 Å². The number of hydrogen-bond acceptors (Lipinski definition) is 4. The Bertz CT molecular complexity index is 606. The van der Waals surface area contributed by atoms with E-state index in [0.717, 1.165) is 18.7 Å². The highest BCUT2D eigenvalue weighted by Gasteiger charge is 2.29. The summed E-state index contributed by atoms with van der Waals surface area (Å²) in [7, 11) is 1.82. The highest BCUT2D eigenvalue weighted by molar-refractivity contribution is 5.95. The van der Waals surface area contributed by atoms with Gasteiger partial charge in [0.15, 0.2) is 0 Å². The number of amides is 2. The van der Waals surface area contributed by atoms with Gasteiger partial charge in [0.1, 0.15) is 6.04 Å². The van der Waals surface area contributed by atoms with Crippen molar-refractivity contribution in [3.63, 3.8) is 0 Å². The predicted octanol–water partition coefficient (Wildman–Crippen LogP) is 1.58. The van der Waals surface area contributed by atoms with Crippen LogP contribution in [-0.4, -0.2) is 66.5 Å². The third kappa shape index (κ3) is 3.53. The van der Waals surface area contributed by atoms with Crippen molar-refractivity contribution in [1.29, 1.82) is 0 Å². The van der Waals surface area contributed by atoms with Crippen molar-refractivity contribution in [2.24, 2.45) is 0 Å². The van der Waals surface area contributed by atoms with Crippen LogP contribution in [0.5, 0.6) is 0 Å². The lowest BCUT2D eigenvalue weighted by Gasteiger charge is -2.35. The minimum Gasteiger partial charge on any atom is -0.374 e. The molecular formula is C18H25N3O3. The molecule has 1 N–H and O–H groups in total. The fourth-order valence-corrected chi connectivity index (χ4v) is 3.39. The molecule has 2 fully saturated rings. The number of benzene rings is 1. The monoisotopic (exact) mass is 331 g/mol. The third-order valence-electron chi connectivity index (χ3n) is 4.61. The van der Waals surface area contributed by atoms with Gasteiger partial charge in [0.2, 0.25) is 5.91 Å². The van der Waals surface area contributed by atoms with Crippen LogP contribution in [0.25, 0.3) is 0 Å².